The Morgan fingerprint density at radius 3 is 2.27 bits per heavy atom. The van der Waals surface area contributed by atoms with Crippen LogP contribution in [0, 0.1) is 11.8 Å². The van der Waals surface area contributed by atoms with Gasteiger partial charge < -0.3 is 9.53 Å². The van der Waals surface area contributed by atoms with Crippen LogP contribution in [-0.4, -0.2) is 19.0 Å². The number of hydrogen-bond donors (Lipinski definition) is 0. The molecule has 2 heteroatoms. The third kappa shape index (κ3) is 3.04. The van der Waals surface area contributed by atoms with Crippen molar-refractivity contribution in [1.29, 1.82) is 0 Å². The zero-order valence-corrected chi connectivity index (χ0v) is 10.3. The maximum absolute atomic E-state index is 11.2. The highest BCUT2D eigenvalue weighted by Gasteiger charge is 2.39. The lowest BCUT2D eigenvalue weighted by Gasteiger charge is -2.40. The van der Waals surface area contributed by atoms with E-state index in [-0.39, 0.29) is 11.5 Å². The SMILES string of the molecule is COC1(C(C=O)CC(C)C)CCCCC1. The quantitative estimate of drug-likeness (QED) is 0.654. The average molecular weight is 212 g/mol. The standard InChI is InChI=1S/C13H24O2/c1-11(2)9-12(10-14)13(15-3)7-5-4-6-8-13/h10-12H,4-9H2,1-3H3. The van der Waals surface area contributed by atoms with Crippen molar-refractivity contribution in [3.63, 3.8) is 0 Å². The highest BCUT2D eigenvalue weighted by molar-refractivity contribution is 5.56. The van der Waals surface area contributed by atoms with Crippen molar-refractivity contribution in [2.75, 3.05) is 7.11 Å². The third-order valence-corrected chi connectivity index (χ3v) is 3.67. The molecule has 0 aromatic rings. The molecule has 15 heavy (non-hydrogen) atoms. The Morgan fingerprint density at radius 1 is 1.27 bits per heavy atom. The summed E-state index contributed by atoms with van der Waals surface area (Å²) in [4.78, 5) is 11.2. The molecular formula is C13H24O2. The summed E-state index contributed by atoms with van der Waals surface area (Å²) in [6.07, 6.45) is 7.89. The molecule has 0 saturated heterocycles. The fourth-order valence-corrected chi connectivity index (χ4v) is 2.78. The van der Waals surface area contributed by atoms with E-state index in [2.05, 4.69) is 13.8 Å². The van der Waals surface area contributed by atoms with Crippen molar-refractivity contribution < 1.29 is 9.53 Å². The predicted octanol–water partition coefficient (Wildman–Crippen LogP) is 3.20. The second-order valence-electron chi connectivity index (χ2n) is 5.20. The van der Waals surface area contributed by atoms with Crippen LogP contribution in [0.15, 0.2) is 0 Å². The van der Waals surface area contributed by atoms with Crippen molar-refractivity contribution in [2.24, 2.45) is 11.8 Å². The molecule has 0 spiro atoms. The van der Waals surface area contributed by atoms with Crippen LogP contribution in [0.25, 0.3) is 0 Å². The lowest BCUT2D eigenvalue weighted by Crippen LogP contribution is -2.43. The molecule has 1 aliphatic carbocycles. The minimum absolute atomic E-state index is 0.0859. The third-order valence-electron chi connectivity index (χ3n) is 3.67. The van der Waals surface area contributed by atoms with Gasteiger partial charge in [0.25, 0.3) is 0 Å². The molecule has 1 saturated carbocycles. The van der Waals surface area contributed by atoms with Crippen LogP contribution < -0.4 is 0 Å². The maximum Gasteiger partial charge on any atom is 0.125 e. The fourth-order valence-electron chi connectivity index (χ4n) is 2.78. The first-order chi connectivity index (χ1) is 7.14. The van der Waals surface area contributed by atoms with E-state index in [4.69, 9.17) is 4.74 Å². The summed E-state index contributed by atoms with van der Waals surface area (Å²) in [5.41, 5.74) is -0.149. The van der Waals surface area contributed by atoms with Crippen LogP contribution in [0.2, 0.25) is 0 Å². The molecule has 0 amide bonds. The van der Waals surface area contributed by atoms with Crippen LogP contribution >= 0.6 is 0 Å². The maximum atomic E-state index is 11.2. The Bertz CT molecular complexity index is 193. The van der Waals surface area contributed by atoms with Crippen molar-refractivity contribution >= 4 is 6.29 Å². The van der Waals surface area contributed by atoms with Crippen LogP contribution in [-0.2, 0) is 9.53 Å². The van der Waals surface area contributed by atoms with Crippen LogP contribution in [0.1, 0.15) is 52.4 Å². The largest absolute Gasteiger partial charge is 0.377 e. The Morgan fingerprint density at radius 2 is 1.87 bits per heavy atom. The zero-order valence-electron chi connectivity index (χ0n) is 10.3. The zero-order chi connectivity index (χ0) is 11.3. The number of hydrogen-bond acceptors (Lipinski definition) is 2. The minimum Gasteiger partial charge on any atom is -0.377 e. The molecule has 0 aliphatic heterocycles. The number of aldehydes is 1. The molecule has 0 aromatic carbocycles. The Labute approximate surface area is 93.4 Å². The van der Waals surface area contributed by atoms with E-state index < -0.39 is 0 Å². The minimum atomic E-state index is -0.149. The first-order valence-corrected chi connectivity index (χ1v) is 6.15. The molecule has 2 nitrogen and oxygen atoms in total. The van der Waals surface area contributed by atoms with Gasteiger partial charge in [0.1, 0.15) is 6.29 Å². The smallest absolute Gasteiger partial charge is 0.125 e. The summed E-state index contributed by atoms with van der Waals surface area (Å²) in [6.45, 7) is 4.34. The molecule has 0 bridgehead atoms. The summed E-state index contributed by atoms with van der Waals surface area (Å²) in [6, 6.07) is 0. The molecule has 1 atom stereocenters. The molecular weight excluding hydrogens is 188 g/mol. The molecule has 1 rings (SSSR count). The van der Waals surface area contributed by atoms with E-state index in [1.807, 2.05) is 0 Å². The summed E-state index contributed by atoms with van der Waals surface area (Å²) in [5.74, 6) is 0.650. The van der Waals surface area contributed by atoms with Crippen molar-refractivity contribution in [3.05, 3.63) is 0 Å². The van der Waals surface area contributed by atoms with Crippen LogP contribution in [0.4, 0.5) is 0 Å². The van der Waals surface area contributed by atoms with Gasteiger partial charge in [-0.25, -0.2) is 0 Å². The second-order valence-corrected chi connectivity index (χ2v) is 5.20. The summed E-state index contributed by atoms with van der Waals surface area (Å²) in [7, 11) is 1.77. The van der Waals surface area contributed by atoms with Gasteiger partial charge in [0.2, 0.25) is 0 Å². The summed E-state index contributed by atoms with van der Waals surface area (Å²) >= 11 is 0. The van der Waals surface area contributed by atoms with Gasteiger partial charge in [-0.2, -0.15) is 0 Å². The van der Waals surface area contributed by atoms with E-state index in [1.54, 1.807) is 7.11 Å². The van der Waals surface area contributed by atoms with E-state index in [0.717, 1.165) is 25.5 Å². The van der Waals surface area contributed by atoms with E-state index in [9.17, 15) is 4.79 Å². The number of carbonyl (C=O) groups excluding carboxylic acids is 1. The van der Waals surface area contributed by atoms with Gasteiger partial charge in [0.15, 0.2) is 0 Å². The van der Waals surface area contributed by atoms with Crippen LogP contribution in [0.5, 0.6) is 0 Å². The van der Waals surface area contributed by atoms with Gasteiger partial charge in [0, 0.05) is 13.0 Å². The van der Waals surface area contributed by atoms with Crippen molar-refractivity contribution in [3.8, 4) is 0 Å². The second kappa shape index (κ2) is 5.64. The van der Waals surface area contributed by atoms with Crippen molar-refractivity contribution in [2.45, 2.75) is 58.0 Å². The lowest BCUT2D eigenvalue weighted by atomic mass is 9.73. The lowest BCUT2D eigenvalue weighted by molar-refractivity contribution is -0.130. The number of methoxy groups -OCH3 is 1. The molecule has 1 unspecified atom stereocenters. The fraction of sp³-hybridized carbons (Fsp3) is 0.923. The Balaban J connectivity index is 2.71. The molecule has 88 valence electrons. The molecule has 0 radical (unpaired) electrons. The predicted molar refractivity (Wildman–Crippen MR) is 61.8 cm³/mol. The Kier molecular flexibility index (Phi) is 4.78. The Hall–Kier alpha value is -0.370. The number of ether oxygens (including phenoxy) is 1. The van der Waals surface area contributed by atoms with Gasteiger partial charge in [-0.3, -0.25) is 0 Å². The van der Waals surface area contributed by atoms with E-state index in [0.29, 0.717) is 5.92 Å². The van der Waals surface area contributed by atoms with Gasteiger partial charge in [-0.1, -0.05) is 33.1 Å². The molecule has 0 N–H and O–H groups in total. The van der Waals surface area contributed by atoms with Crippen LogP contribution in [0.3, 0.4) is 0 Å². The number of rotatable bonds is 5. The highest BCUT2D eigenvalue weighted by atomic mass is 16.5. The molecule has 0 aromatic heterocycles. The molecule has 1 aliphatic rings. The van der Waals surface area contributed by atoms with Gasteiger partial charge in [-0.15, -0.1) is 0 Å². The summed E-state index contributed by atoms with van der Waals surface area (Å²) in [5, 5.41) is 0. The molecule has 1 fully saturated rings. The van der Waals surface area contributed by atoms with Gasteiger partial charge in [0.05, 0.1) is 5.60 Å². The normalized spacial score (nSPS) is 22.7. The van der Waals surface area contributed by atoms with E-state index >= 15 is 0 Å². The highest BCUT2D eigenvalue weighted by Crippen LogP contribution is 2.39. The van der Waals surface area contributed by atoms with Gasteiger partial charge in [-0.05, 0) is 25.2 Å². The van der Waals surface area contributed by atoms with Crippen molar-refractivity contribution in [1.82, 2.24) is 0 Å². The van der Waals surface area contributed by atoms with Gasteiger partial charge >= 0.3 is 0 Å². The summed E-state index contributed by atoms with van der Waals surface area (Å²) < 4.78 is 5.70. The topological polar surface area (TPSA) is 26.3 Å². The monoisotopic (exact) mass is 212 g/mol. The first kappa shape index (κ1) is 12.7. The average Bonchev–Trinajstić information content (AvgIpc) is 2.26. The molecule has 0 heterocycles. The van der Waals surface area contributed by atoms with E-state index in [1.165, 1.54) is 19.3 Å². The number of carbonyl (C=O) groups is 1. The first-order valence-electron chi connectivity index (χ1n) is 6.15.